The molecule has 0 aliphatic heterocycles. The number of esters is 1. The zero-order valence-corrected chi connectivity index (χ0v) is 11.2. The van der Waals surface area contributed by atoms with Crippen molar-refractivity contribution in [1.82, 2.24) is 0 Å². The van der Waals surface area contributed by atoms with E-state index in [1.807, 2.05) is 6.92 Å². The number of rotatable bonds is 7. The molecular weight excluding hydrogens is 260 g/mol. The van der Waals surface area contributed by atoms with Gasteiger partial charge in [0.15, 0.2) is 5.78 Å². The Balaban J connectivity index is 4.67. The van der Waals surface area contributed by atoms with Gasteiger partial charge in [0.2, 0.25) is 0 Å². The largest absolute Gasteiger partial charge is 0.465 e. The number of halogens is 1. The predicted molar refractivity (Wildman–Crippen MR) is 63.1 cm³/mol. The number of ketones is 1. The average Bonchev–Trinajstić information content (AvgIpc) is 2.24. The molecule has 0 aliphatic carbocycles. The summed E-state index contributed by atoms with van der Waals surface area (Å²) in [5, 5.41) is 0.200. The van der Waals surface area contributed by atoms with Crippen LogP contribution in [0.25, 0.3) is 0 Å². The van der Waals surface area contributed by atoms with Gasteiger partial charge in [-0.1, -0.05) is 35.7 Å². The van der Waals surface area contributed by atoms with Crippen LogP contribution in [0, 0.1) is 5.41 Å². The summed E-state index contributed by atoms with van der Waals surface area (Å²) in [6.07, 6.45) is 2.38. The highest BCUT2D eigenvalue weighted by Gasteiger charge is 2.40. The Morgan fingerprint density at radius 2 is 1.93 bits per heavy atom. The van der Waals surface area contributed by atoms with E-state index in [9.17, 15) is 9.59 Å². The molecule has 15 heavy (non-hydrogen) atoms. The standard InChI is InChI=1S/C11H19BrO3/c1-4-6-7-11(3,9(13)8-12)10(14)15-5-2/h4-8H2,1-3H3. The molecular formula is C11H19BrO3. The van der Waals surface area contributed by atoms with Crippen molar-refractivity contribution in [2.45, 2.75) is 40.0 Å². The molecule has 0 saturated carbocycles. The van der Waals surface area contributed by atoms with E-state index >= 15 is 0 Å². The summed E-state index contributed by atoms with van der Waals surface area (Å²) in [4.78, 5) is 23.4. The number of unbranched alkanes of at least 4 members (excludes halogenated alkanes) is 1. The third-order valence-electron chi connectivity index (χ3n) is 2.49. The van der Waals surface area contributed by atoms with Crippen molar-refractivity contribution >= 4 is 27.7 Å². The second-order valence-electron chi connectivity index (χ2n) is 3.71. The lowest BCUT2D eigenvalue weighted by atomic mass is 9.81. The van der Waals surface area contributed by atoms with E-state index in [0.29, 0.717) is 13.0 Å². The van der Waals surface area contributed by atoms with Crippen molar-refractivity contribution in [3.8, 4) is 0 Å². The first kappa shape index (κ1) is 14.6. The van der Waals surface area contributed by atoms with Crippen LogP contribution < -0.4 is 0 Å². The Morgan fingerprint density at radius 1 is 1.33 bits per heavy atom. The second-order valence-corrected chi connectivity index (χ2v) is 4.27. The van der Waals surface area contributed by atoms with Crippen LogP contribution in [-0.4, -0.2) is 23.7 Å². The van der Waals surface area contributed by atoms with Gasteiger partial charge in [-0.25, -0.2) is 0 Å². The second kappa shape index (κ2) is 6.99. The topological polar surface area (TPSA) is 43.4 Å². The summed E-state index contributed by atoms with van der Waals surface area (Å²) >= 11 is 3.10. The van der Waals surface area contributed by atoms with Gasteiger partial charge in [0.05, 0.1) is 11.9 Å². The fraction of sp³-hybridized carbons (Fsp3) is 0.818. The molecule has 0 aromatic rings. The molecule has 0 aliphatic rings. The molecule has 0 amide bonds. The molecule has 0 radical (unpaired) electrons. The Morgan fingerprint density at radius 3 is 2.33 bits per heavy atom. The van der Waals surface area contributed by atoms with Crippen molar-refractivity contribution in [3.63, 3.8) is 0 Å². The summed E-state index contributed by atoms with van der Waals surface area (Å²) < 4.78 is 4.95. The average molecular weight is 279 g/mol. The van der Waals surface area contributed by atoms with Crippen LogP contribution >= 0.6 is 15.9 Å². The smallest absolute Gasteiger partial charge is 0.319 e. The van der Waals surface area contributed by atoms with Crippen molar-refractivity contribution in [2.24, 2.45) is 5.41 Å². The fourth-order valence-electron chi connectivity index (χ4n) is 1.32. The van der Waals surface area contributed by atoms with E-state index in [0.717, 1.165) is 12.8 Å². The molecule has 1 unspecified atom stereocenters. The van der Waals surface area contributed by atoms with Crippen LogP contribution in [0.2, 0.25) is 0 Å². The minimum atomic E-state index is -0.977. The third-order valence-corrected chi connectivity index (χ3v) is 3.00. The number of carbonyl (C=O) groups excluding carboxylic acids is 2. The summed E-state index contributed by atoms with van der Waals surface area (Å²) in [7, 11) is 0. The van der Waals surface area contributed by atoms with E-state index in [-0.39, 0.29) is 11.1 Å². The molecule has 0 aromatic heterocycles. The third kappa shape index (κ3) is 3.93. The van der Waals surface area contributed by atoms with Gasteiger partial charge in [-0.3, -0.25) is 9.59 Å². The lowest BCUT2D eigenvalue weighted by Gasteiger charge is -2.24. The first-order valence-corrected chi connectivity index (χ1v) is 6.41. The Kier molecular flexibility index (Phi) is 6.81. The van der Waals surface area contributed by atoms with E-state index in [1.165, 1.54) is 0 Å². The lowest BCUT2D eigenvalue weighted by Crippen LogP contribution is -2.38. The Labute approximate surface area is 99.7 Å². The predicted octanol–water partition coefficient (Wildman–Crippen LogP) is 2.71. The Bertz CT molecular complexity index is 228. The van der Waals surface area contributed by atoms with Gasteiger partial charge >= 0.3 is 5.97 Å². The van der Waals surface area contributed by atoms with E-state index in [4.69, 9.17) is 4.74 Å². The van der Waals surface area contributed by atoms with Crippen molar-refractivity contribution in [3.05, 3.63) is 0 Å². The van der Waals surface area contributed by atoms with Gasteiger partial charge < -0.3 is 4.74 Å². The molecule has 0 rings (SSSR count). The van der Waals surface area contributed by atoms with Gasteiger partial charge in [0.25, 0.3) is 0 Å². The zero-order valence-electron chi connectivity index (χ0n) is 9.64. The number of ether oxygens (including phenoxy) is 1. The van der Waals surface area contributed by atoms with Crippen molar-refractivity contribution in [1.29, 1.82) is 0 Å². The first-order chi connectivity index (χ1) is 7.02. The summed E-state index contributed by atoms with van der Waals surface area (Å²) in [5.74, 6) is -0.502. The Hall–Kier alpha value is -0.380. The van der Waals surface area contributed by atoms with Crippen LogP contribution in [0.5, 0.6) is 0 Å². The number of carbonyl (C=O) groups is 2. The molecule has 88 valence electrons. The lowest BCUT2D eigenvalue weighted by molar-refractivity contribution is -0.158. The zero-order chi connectivity index (χ0) is 11.9. The van der Waals surface area contributed by atoms with Crippen LogP contribution in [-0.2, 0) is 14.3 Å². The van der Waals surface area contributed by atoms with Gasteiger partial charge in [-0.2, -0.15) is 0 Å². The van der Waals surface area contributed by atoms with Crippen LogP contribution in [0.1, 0.15) is 40.0 Å². The number of hydrogen-bond acceptors (Lipinski definition) is 3. The molecule has 0 fully saturated rings. The highest BCUT2D eigenvalue weighted by molar-refractivity contribution is 9.09. The normalized spacial score (nSPS) is 14.4. The minimum absolute atomic E-state index is 0.102. The fourth-order valence-corrected chi connectivity index (χ4v) is 1.94. The summed E-state index contributed by atoms with van der Waals surface area (Å²) in [5.41, 5.74) is -0.977. The maximum atomic E-state index is 11.7. The van der Waals surface area contributed by atoms with Gasteiger partial charge in [0, 0.05) is 0 Å². The molecule has 3 nitrogen and oxygen atoms in total. The maximum Gasteiger partial charge on any atom is 0.319 e. The summed E-state index contributed by atoms with van der Waals surface area (Å²) in [6, 6.07) is 0. The molecule has 0 spiro atoms. The number of Topliss-reactive ketones (excluding diaryl/α,β-unsaturated/α-hetero) is 1. The van der Waals surface area contributed by atoms with Crippen molar-refractivity contribution < 1.29 is 14.3 Å². The van der Waals surface area contributed by atoms with E-state index < -0.39 is 11.4 Å². The molecule has 0 bridgehead atoms. The summed E-state index contributed by atoms with van der Waals surface area (Å²) in [6.45, 7) is 5.77. The molecule has 0 saturated heterocycles. The number of alkyl halides is 1. The van der Waals surface area contributed by atoms with Crippen molar-refractivity contribution in [2.75, 3.05) is 11.9 Å². The van der Waals surface area contributed by atoms with E-state index in [1.54, 1.807) is 13.8 Å². The van der Waals surface area contributed by atoms with E-state index in [2.05, 4.69) is 15.9 Å². The molecule has 0 aromatic carbocycles. The van der Waals surface area contributed by atoms with Gasteiger partial charge in [-0.15, -0.1) is 0 Å². The monoisotopic (exact) mass is 278 g/mol. The quantitative estimate of drug-likeness (QED) is 0.409. The molecule has 0 N–H and O–H groups in total. The number of hydrogen-bond donors (Lipinski definition) is 0. The van der Waals surface area contributed by atoms with Crippen LogP contribution in [0.4, 0.5) is 0 Å². The van der Waals surface area contributed by atoms with Gasteiger partial charge in [-0.05, 0) is 20.3 Å². The molecule has 0 heterocycles. The maximum absolute atomic E-state index is 11.7. The minimum Gasteiger partial charge on any atom is -0.465 e. The molecule has 1 atom stereocenters. The SMILES string of the molecule is CCCCC(C)(C(=O)CBr)C(=O)OCC. The molecule has 4 heteroatoms. The first-order valence-electron chi connectivity index (χ1n) is 5.29. The van der Waals surface area contributed by atoms with Crippen LogP contribution in [0.15, 0.2) is 0 Å². The highest BCUT2D eigenvalue weighted by Crippen LogP contribution is 2.28. The van der Waals surface area contributed by atoms with Crippen LogP contribution in [0.3, 0.4) is 0 Å². The highest BCUT2D eigenvalue weighted by atomic mass is 79.9. The van der Waals surface area contributed by atoms with Gasteiger partial charge in [0.1, 0.15) is 5.41 Å².